The summed E-state index contributed by atoms with van der Waals surface area (Å²) in [7, 11) is 0. The van der Waals surface area contributed by atoms with Crippen LogP contribution in [0.2, 0.25) is 0 Å². The van der Waals surface area contributed by atoms with E-state index in [9.17, 15) is 9.59 Å². The normalized spacial score (nSPS) is 13.5. The van der Waals surface area contributed by atoms with Gasteiger partial charge in [-0.15, -0.1) is 11.3 Å². The number of unbranched alkanes of at least 4 members (excludes halogenated alkanes) is 1. The second-order valence-electron chi connectivity index (χ2n) is 7.83. The Morgan fingerprint density at radius 1 is 1.31 bits per heavy atom. The molecule has 1 aliphatic heterocycles. The maximum absolute atomic E-state index is 13.2. The summed E-state index contributed by atoms with van der Waals surface area (Å²) in [5.41, 5.74) is 1.92. The van der Waals surface area contributed by atoms with Gasteiger partial charge < -0.3 is 14.8 Å². The van der Waals surface area contributed by atoms with E-state index in [0.29, 0.717) is 29.4 Å². The molecule has 3 heterocycles. The monoisotopic (exact) mass is 473 g/mol. The molecule has 1 atom stereocenters. The smallest absolute Gasteiger partial charge is 0.263 e. The number of aromatic nitrogens is 2. The van der Waals surface area contributed by atoms with Gasteiger partial charge in [-0.1, -0.05) is 31.2 Å². The lowest BCUT2D eigenvalue weighted by Crippen LogP contribution is -2.31. The predicted octanol–water partition coefficient (Wildman–Crippen LogP) is 4.40. The maximum atomic E-state index is 13.2. The van der Waals surface area contributed by atoms with Gasteiger partial charge in [-0.2, -0.15) is 0 Å². The van der Waals surface area contributed by atoms with Crippen LogP contribution in [0, 0.1) is 13.8 Å². The molecule has 9 heteroatoms. The summed E-state index contributed by atoms with van der Waals surface area (Å²) in [4.78, 5) is 32.7. The van der Waals surface area contributed by atoms with Crippen molar-refractivity contribution in [2.24, 2.45) is 0 Å². The van der Waals surface area contributed by atoms with E-state index in [2.05, 4.69) is 12.2 Å². The zero-order valence-corrected chi connectivity index (χ0v) is 20.3. The highest BCUT2D eigenvalue weighted by molar-refractivity contribution is 8.00. The van der Waals surface area contributed by atoms with Crippen molar-refractivity contribution >= 4 is 39.2 Å². The highest BCUT2D eigenvalue weighted by Gasteiger charge is 2.22. The molecule has 0 fully saturated rings. The number of thioether (sulfide) groups is 1. The number of nitrogens with zero attached hydrogens (tertiary/aromatic N) is 2. The van der Waals surface area contributed by atoms with Crippen LogP contribution in [0.1, 0.15) is 42.7 Å². The Hall–Kier alpha value is -2.52. The fourth-order valence-corrected chi connectivity index (χ4v) is 5.54. The minimum absolute atomic E-state index is 0.0132. The molecule has 0 radical (unpaired) electrons. The van der Waals surface area contributed by atoms with Crippen molar-refractivity contribution in [3.05, 3.63) is 44.6 Å². The summed E-state index contributed by atoms with van der Waals surface area (Å²) in [6, 6.07) is 5.63. The van der Waals surface area contributed by atoms with Crippen molar-refractivity contribution in [2.45, 2.75) is 64.0 Å². The van der Waals surface area contributed by atoms with Crippen molar-refractivity contribution in [3.63, 3.8) is 0 Å². The molecule has 4 rings (SSSR count). The highest BCUT2D eigenvalue weighted by atomic mass is 32.2. The Kier molecular flexibility index (Phi) is 6.76. The summed E-state index contributed by atoms with van der Waals surface area (Å²) in [5.74, 6) is 1.30. The number of amides is 1. The van der Waals surface area contributed by atoms with Crippen LogP contribution in [0.4, 0.5) is 0 Å². The number of benzene rings is 1. The van der Waals surface area contributed by atoms with Gasteiger partial charge in [0.15, 0.2) is 16.7 Å². The number of hydrogen-bond donors (Lipinski definition) is 1. The Morgan fingerprint density at radius 3 is 2.88 bits per heavy atom. The van der Waals surface area contributed by atoms with Crippen LogP contribution in [0.5, 0.6) is 11.5 Å². The summed E-state index contributed by atoms with van der Waals surface area (Å²) in [5, 5.41) is 3.87. The van der Waals surface area contributed by atoms with Crippen molar-refractivity contribution < 1.29 is 14.3 Å². The summed E-state index contributed by atoms with van der Waals surface area (Å²) in [6.07, 6.45) is 1.86. The molecule has 0 spiro atoms. The van der Waals surface area contributed by atoms with Gasteiger partial charge in [0.25, 0.3) is 5.56 Å². The molecule has 7 nitrogen and oxygen atoms in total. The number of carbonyl (C=O) groups is 1. The number of aryl methyl sites for hydroxylation is 2. The third kappa shape index (κ3) is 4.49. The molecule has 0 saturated heterocycles. The number of fused-ring (bicyclic) bond motifs is 2. The molecule has 1 aliphatic rings. The van der Waals surface area contributed by atoms with Gasteiger partial charge in [-0.05, 0) is 50.5 Å². The van der Waals surface area contributed by atoms with Crippen LogP contribution in [0.25, 0.3) is 10.2 Å². The minimum Gasteiger partial charge on any atom is -0.454 e. The van der Waals surface area contributed by atoms with E-state index in [0.717, 1.165) is 39.4 Å². The molecular formula is C23H27N3O4S2. The first-order chi connectivity index (χ1) is 15.4. The third-order valence-corrected chi connectivity index (χ3v) is 7.74. The average Bonchev–Trinajstić information content (AvgIpc) is 3.35. The Labute approximate surface area is 195 Å². The zero-order valence-electron chi connectivity index (χ0n) is 18.7. The van der Waals surface area contributed by atoms with Crippen LogP contribution < -0.4 is 20.3 Å². The molecule has 0 bridgehead atoms. The number of nitrogens with one attached hydrogen (secondary N) is 1. The Bertz CT molecular complexity index is 1220. The summed E-state index contributed by atoms with van der Waals surface area (Å²) >= 11 is 2.86. The molecule has 170 valence electrons. The van der Waals surface area contributed by atoms with Crippen LogP contribution in [-0.4, -0.2) is 27.5 Å². The van der Waals surface area contributed by atoms with Gasteiger partial charge in [-0.25, -0.2) is 4.98 Å². The fourth-order valence-electron chi connectivity index (χ4n) is 3.51. The largest absolute Gasteiger partial charge is 0.454 e. The van der Waals surface area contributed by atoms with E-state index in [4.69, 9.17) is 14.5 Å². The number of hydrogen-bond acceptors (Lipinski definition) is 7. The van der Waals surface area contributed by atoms with E-state index >= 15 is 0 Å². The molecule has 0 aliphatic carbocycles. The van der Waals surface area contributed by atoms with E-state index in [1.54, 1.807) is 4.57 Å². The molecule has 2 aromatic heterocycles. The third-order valence-electron chi connectivity index (χ3n) is 5.54. The molecule has 0 saturated carbocycles. The standard InChI is InChI=1S/C23H27N3O4S2/c1-5-6-9-26-22(28)19-13(2)14(3)31-21(19)25-23(26)32-15(4)20(27)24-11-16-7-8-17-18(10-16)30-12-29-17/h7-8,10,15H,5-6,9,11-12H2,1-4H3,(H,24,27). The lowest BCUT2D eigenvalue weighted by atomic mass is 10.2. The van der Waals surface area contributed by atoms with Crippen LogP contribution in [0.3, 0.4) is 0 Å². The first-order valence-corrected chi connectivity index (χ1v) is 12.4. The van der Waals surface area contributed by atoms with Gasteiger partial charge in [0, 0.05) is 18.0 Å². The minimum atomic E-state index is -0.400. The summed E-state index contributed by atoms with van der Waals surface area (Å²) in [6.45, 7) is 9.12. The molecular weight excluding hydrogens is 446 g/mol. The van der Waals surface area contributed by atoms with Crippen LogP contribution >= 0.6 is 23.1 Å². The molecule has 3 aromatic rings. The van der Waals surface area contributed by atoms with E-state index in [1.807, 2.05) is 39.0 Å². The van der Waals surface area contributed by atoms with Crippen LogP contribution in [0.15, 0.2) is 28.2 Å². The van der Waals surface area contributed by atoms with E-state index in [-0.39, 0.29) is 18.3 Å². The quantitative estimate of drug-likeness (QED) is 0.386. The number of thiophene rings is 1. The number of ether oxygens (including phenoxy) is 2. The lowest BCUT2D eigenvalue weighted by molar-refractivity contribution is -0.120. The maximum Gasteiger partial charge on any atom is 0.263 e. The second-order valence-corrected chi connectivity index (χ2v) is 10.3. The first kappa shape index (κ1) is 22.7. The summed E-state index contributed by atoms with van der Waals surface area (Å²) < 4.78 is 12.5. The number of carbonyl (C=O) groups excluding carboxylic acids is 1. The van der Waals surface area contributed by atoms with Gasteiger partial charge in [0.1, 0.15) is 4.83 Å². The molecule has 1 N–H and O–H groups in total. The molecule has 1 aromatic carbocycles. The van der Waals surface area contributed by atoms with Crippen molar-refractivity contribution in [2.75, 3.05) is 6.79 Å². The molecule has 32 heavy (non-hydrogen) atoms. The van der Waals surface area contributed by atoms with Crippen molar-refractivity contribution in [1.82, 2.24) is 14.9 Å². The van der Waals surface area contributed by atoms with Crippen LogP contribution in [-0.2, 0) is 17.9 Å². The van der Waals surface area contributed by atoms with Crippen molar-refractivity contribution in [3.8, 4) is 11.5 Å². The molecule has 1 unspecified atom stereocenters. The molecule has 1 amide bonds. The zero-order chi connectivity index (χ0) is 22.8. The van der Waals surface area contributed by atoms with Gasteiger partial charge >= 0.3 is 0 Å². The Balaban J connectivity index is 1.51. The first-order valence-electron chi connectivity index (χ1n) is 10.7. The fraction of sp³-hybridized carbons (Fsp3) is 0.435. The van der Waals surface area contributed by atoms with Gasteiger partial charge in [-0.3, -0.25) is 14.2 Å². The number of rotatable bonds is 8. The van der Waals surface area contributed by atoms with Crippen molar-refractivity contribution in [1.29, 1.82) is 0 Å². The lowest BCUT2D eigenvalue weighted by Gasteiger charge is -2.16. The van der Waals surface area contributed by atoms with Gasteiger partial charge in [0.05, 0.1) is 10.6 Å². The van der Waals surface area contributed by atoms with Gasteiger partial charge in [0.2, 0.25) is 12.7 Å². The predicted molar refractivity (Wildman–Crippen MR) is 128 cm³/mol. The topological polar surface area (TPSA) is 82.5 Å². The average molecular weight is 474 g/mol. The Morgan fingerprint density at radius 2 is 2.09 bits per heavy atom. The van der Waals surface area contributed by atoms with E-state index < -0.39 is 5.25 Å². The van der Waals surface area contributed by atoms with E-state index in [1.165, 1.54) is 23.1 Å². The SMILES string of the molecule is CCCCn1c(SC(C)C(=O)NCc2ccc3c(c2)OCO3)nc2sc(C)c(C)c2c1=O. The highest BCUT2D eigenvalue weighted by Crippen LogP contribution is 2.33. The second kappa shape index (κ2) is 9.54.